The SMILES string of the molecule is CCC(CC)(CI)CCCI. The van der Waals surface area contributed by atoms with Gasteiger partial charge >= 0.3 is 0 Å². The maximum Gasteiger partial charge on any atom is 0.00518 e. The fourth-order valence-corrected chi connectivity index (χ4v) is 3.14. The fourth-order valence-electron chi connectivity index (χ4n) is 1.30. The highest BCUT2D eigenvalue weighted by molar-refractivity contribution is 14.1. The van der Waals surface area contributed by atoms with Gasteiger partial charge in [-0.1, -0.05) is 59.0 Å². The van der Waals surface area contributed by atoms with E-state index in [9.17, 15) is 0 Å². The summed E-state index contributed by atoms with van der Waals surface area (Å²) in [5.41, 5.74) is 0.658. The van der Waals surface area contributed by atoms with Crippen LogP contribution in [0.1, 0.15) is 39.5 Å². The molecule has 0 aliphatic rings. The number of hydrogen-bond donors (Lipinski definition) is 0. The Labute approximate surface area is 98.2 Å². The van der Waals surface area contributed by atoms with Crippen LogP contribution in [-0.4, -0.2) is 8.86 Å². The molecular formula is C9H18I2. The molecule has 0 saturated carbocycles. The van der Waals surface area contributed by atoms with Crippen LogP contribution in [0.4, 0.5) is 0 Å². The largest absolute Gasteiger partial charge is 0.0864 e. The molecule has 0 amide bonds. The van der Waals surface area contributed by atoms with Crippen LogP contribution in [0.15, 0.2) is 0 Å². The lowest BCUT2D eigenvalue weighted by atomic mass is 9.81. The molecule has 0 unspecified atom stereocenters. The summed E-state index contributed by atoms with van der Waals surface area (Å²) < 4.78 is 2.64. The van der Waals surface area contributed by atoms with Crippen LogP contribution in [0.5, 0.6) is 0 Å². The molecule has 0 radical (unpaired) electrons. The third-order valence-electron chi connectivity index (χ3n) is 2.62. The Hall–Kier alpha value is 1.46. The maximum atomic E-state index is 2.54. The highest BCUT2D eigenvalue weighted by Crippen LogP contribution is 2.34. The van der Waals surface area contributed by atoms with Crippen molar-refractivity contribution in [3.8, 4) is 0 Å². The average molecular weight is 380 g/mol. The Morgan fingerprint density at radius 3 is 1.91 bits per heavy atom. The summed E-state index contributed by atoms with van der Waals surface area (Å²) in [4.78, 5) is 0. The molecule has 0 saturated heterocycles. The van der Waals surface area contributed by atoms with E-state index in [-0.39, 0.29) is 0 Å². The lowest BCUT2D eigenvalue weighted by Gasteiger charge is -2.29. The highest BCUT2D eigenvalue weighted by Gasteiger charge is 2.23. The maximum absolute atomic E-state index is 2.54. The van der Waals surface area contributed by atoms with Gasteiger partial charge in [-0.05, 0) is 35.5 Å². The molecule has 0 fully saturated rings. The van der Waals surface area contributed by atoms with Gasteiger partial charge in [-0.15, -0.1) is 0 Å². The van der Waals surface area contributed by atoms with E-state index < -0.39 is 0 Å². The van der Waals surface area contributed by atoms with E-state index in [1.165, 1.54) is 34.5 Å². The summed E-state index contributed by atoms with van der Waals surface area (Å²) in [5.74, 6) is 0. The molecule has 0 N–H and O–H groups in total. The Balaban J connectivity index is 3.84. The van der Waals surface area contributed by atoms with Crippen LogP contribution in [0.3, 0.4) is 0 Å². The van der Waals surface area contributed by atoms with Crippen molar-refractivity contribution >= 4 is 45.2 Å². The summed E-state index contributed by atoms with van der Waals surface area (Å²) in [6.45, 7) is 4.66. The molecule has 68 valence electrons. The zero-order valence-corrected chi connectivity index (χ0v) is 11.8. The molecule has 0 aromatic carbocycles. The van der Waals surface area contributed by atoms with Gasteiger partial charge in [-0.3, -0.25) is 0 Å². The zero-order valence-electron chi connectivity index (χ0n) is 7.50. The third-order valence-corrected chi connectivity index (χ3v) is 5.01. The summed E-state index contributed by atoms with van der Waals surface area (Å²) in [7, 11) is 0. The van der Waals surface area contributed by atoms with E-state index >= 15 is 0 Å². The van der Waals surface area contributed by atoms with Gasteiger partial charge in [-0.2, -0.15) is 0 Å². The van der Waals surface area contributed by atoms with Crippen molar-refractivity contribution in [2.24, 2.45) is 5.41 Å². The fraction of sp³-hybridized carbons (Fsp3) is 1.00. The molecule has 0 aromatic rings. The first kappa shape index (κ1) is 12.5. The molecule has 0 aliphatic heterocycles. The van der Waals surface area contributed by atoms with E-state index in [1.807, 2.05) is 0 Å². The predicted octanol–water partition coefficient (Wildman–Crippen LogP) is 4.44. The molecule has 0 aliphatic carbocycles. The topological polar surface area (TPSA) is 0 Å². The van der Waals surface area contributed by atoms with Gasteiger partial charge in [0.15, 0.2) is 0 Å². The molecule has 0 atom stereocenters. The number of rotatable bonds is 6. The Kier molecular flexibility index (Phi) is 7.84. The molecule has 0 rings (SSSR count). The van der Waals surface area contributed by atoms with E-state index in [0.717, 1.165) is 0 Å². The zero-order chi connectivity index (χ0) is 8.74. The van der Waals surface area contributed by atoms with Gasteiger partial charge in [0.1, 0.15) is 0 Å². The minimum atomic E-state index is 0.658. The smallest absolute Gasteiger partial charge is 0.00518 e. The number of alkyl halides is 2. The average Bonchev–Trinajstić information content (AvgIpc) is 2.08. The van der Waals surface area contributed by atoms with E-state index in [0.29, 0.717) is 5.41 Å². The molecule has 2 heteroatoms. The lowest BCUT2D eigenvalue weighted by Crippen LogP contribution is -2.20. The van der Waals surface area contributed by atoms with Crippen molar-refractivity contribution < 1.29 is 0 Å². The first-order valence-corrected chi connectivity index (χ1v) is 7.41. The van der Waals surface area contributed by atoms with Gasteiger partial charge in [0.25, 0.3) is 0 Å². The van der Waals surface area contributed by atoms with Crippen LogP contribution < -0.4 is 0 Å². The Morgan fingerprint density at radius 2 is 1.64 bits per heavy atom. The summed E-state index contributed by atoms with van der Waals surface area (Å²) in [6.07, 6.45) is 5.52. The van der Waals surface area contributed by atoms with Crippen LogP contribution in [-0.2, 0) is 0 Å². The normalized spacial score (nSPS) is 12.0. The first-order chi connectivity index (χ1) is 5.24. The second-order valence-electron chi connectivity index (χ2n) is 3.13. The van der Waals surface area contributed by atoms with E-state index in [1.54, 1.807) is 0 Å². The second kappa shape index (κ2) is 6.92. The quantitative estimate of drug-likeness (QED) is 0.472. The molecule has 0 spiro atoms. The lowest BCUT2D eigenvalue weighted by molar-refractivity contribution is 0.285. The van der Waals surface area contributed by atoms with Crippen molar-refractivity contribution in [2.45, 2.75) is 39.5 Å². The first-order valence-electron chi connectivity index (χ1n) is 4.36. The van der Waals surface area contributed by atoms with Gasteiger partial charge in [0.2, 0.25) is 0 Å². The van der Waals surface area contributed by atoms with Crippen molar-refractivity contribution in [2.75, 3.05) is 8.86 Å². The summed E-state index contributed by atoms with van der Waals surface area (Å²) in [5, 5.41) is 0. The second-order valence-corrected chi connectivity index (χ2v) is 4.97. The van der Waals surface area contributed by atoms with Gasteiger partial charge in [0.05, 0.1) is 0 Å². The summed E-state index contributed by atoms with van der Waals surface area (Å²) >= 11 is 5.01. The monoisotopic (exact) mass is 380 g/mol. The van der Waals surface area contributed by atoms with Crippen molar-refractivity contribution in [3.05, 3.63) is 0 Å². The minimum absolute atomic E-state index is 0.658. The number of halogens is 2. The van der Waals surface area contributed by atoms with Crippen molar-refractivity contribution in [1.29, 1.82) is 0 Å². The highest BCUT2D eigenvalue weighted by atomic mass is 127. The minimum Gasteiger partial charge on any atom is -0.0864 e. The van der Waals surface area contributed by atoms with Crippen LogP contribution in [0.2, 0.25) is 0 Å². The van der Waals surface area contributed by atoms with Gasteiger partial charge < -0.3 is 0 Å². The Bertz CT molecular complexity index is 79.3. The molecule has 0 aromatic heterocycles. The van der Waals surface area contributed by atoms with Crippen LogP contribution in [0, 0.1) is 5.41 Å². The predicted molar refractivity (Wildman–Crippen MR) is 70.0 cm³/mol. The molecule has 0 bridgehead atoms. The van der Waals surface area contributed by atoms with Gasteiger partial charge in [0, 0.05) is 4.43 Å². The van der Waals surface area contributed by atoms with Crippen LogP contribution in [0.25, 0.3) is 0 Å². The van der Waals surface area contributed by atoms with Crippen LogP contribution >= 0.6 is 45.2 Å². The number of hydrogen-bond acceptors (Lipinski definition) is 0. The third kappa shape index (κ3) is 4.29. The molecular weight excluding hydrogens is 362 g/mol. The molecule has 0 heterocycles. The Morgan fingerprint density at radius 1 is 1.09 bits per heavy atom. The summed E-state index contributed by atoms with van der Waals surface area (Å²) in [6, 6.07) is 0. The van der Waals surface area contributed by atoms with Crippen molar-refractivity contribution in [3.63, 3.8) is 0 Å². The van der Waals surface area contributed by atoms with E-state index in [4.69, 9.17) is 0 Å². The van der Waals surface area contributed by atoms with Gasteiger partial charge in [-0.25, -0.2) is 0 Å². The van der Waals surface area contributed by atoms with E-state index in [2.05, 4.69) is 59.0 Å². The molecule has 11 heavy (non-hydrogen) atoms. The molecule has 0 nitrogen and oxygen atoms in total. The standard InChI is InChI=1S/C9H18I2/c1-3-9(4-2,8-11)6-5-7-10/h3-8H2,1-2H3. The van der Waals surface area contributed by atoms with Crippen molar-refractivity contribution in [1.82, 2.24) is 0 Å².